The lowest BCUT2D eigenvalue weighted by atomic mass is 9.78. The molecule has 2 aliphatic carbocycles. The first-order valence-electron chi connectivity index (χ1n) is 9.24. The van der Waals surface area contributed by atoms with Gasteiger partial charge in [-0.2, -0.15) is 0 Å². The average Bonchev–Trinajstić information content (AvgIpc) is 3.22. The molecule has 0 heterocycles. The molecule has 0 radical (unpaired) electrons. The van der Waals surface area contributed by atoms with E-state index in [0.29, 0.717) is 16.6 Å². The summed E-state index contributed by atoms with van der Waals surface area (Å²) < 4.78 is 30.1. The molecule has 2 atom stereocenters. The largest absolute Gasteiger partial charge is 0.481 e. The SMILES string of the molecule is CS(=O)(=O)c1ccc(OC2(C3CCCC3)c3ccccc3CC2N)cc1. The maximum Gasteiger partial charge on any atom is 0.175 e. The van der Waals surface area contributed by atoms with E-state index in [-0.39, 0.29) is 6.04 Å². The summed E-state index contributed by atoms with van der Waals surface area (Å²) in [5.41, 5.74) is 8.61. The summed E-state index contributed by atoms with van der Waals surface area (Å²) >= 11 is 0. The van der Waals surface area contributed by atoms with Crippen LogP contribution in [0.3, 0.4) is 0 Å². The number of ether oxygens (including phenoxy) is 1. The van der Waals surface area contributed by atoms with E-state index >= 15 is 0 Å². The third-order valence-electron chi connectivity index (χ3n) is 5.93. The number of fused-ring (bicyclic) bond motifs is 1. The molecule has 1 saturated carbocycles. The molecule has 0 spiro atoms. The van der Waals surface area contributed by atoms with Gasteiger partial charge in [0.05, 0.1) is 10.9 Å². The van der Waals surface area contributed by atoms with Crippen LogP contribution in [0.1, 0.15) is 36.8 Å². The number of rotatable bonds is 4. The molecule has 26 heavy (non-hydrogen) atoms. The smallest absolute Gasteiger partial charge is 0.175 e. The molecule has 138 valence electrons. The fourth-order valence-corrected chi connectivity index (χ4v) is 5.34. The highest BCUT2D eigenvalue weighted by Gasteiger charge is 2.53. The van der Waals surface area contributed by atoms with Gasteiger partial charge in [-0.3, -0.25) is 0 Å². The van der Waals surface area contributed by atoms with Crippen LogP contribution in [0.25, 0.3) is 0 Å². The van der Waals surface area contributed by atoms with E-state index in [1.54, 1.807) is 24.3 Å². The van der Waals surface area contributed by atoms with Gasteiger partial charge in [-0.25, -0.2) is 8.42 Å². The molecular weight excluding hydrogens is 346 g/mol. The van der Waals surface area contributed by atoms with E-state index < -0.39 is 15.4 Å². The Hall–Kier alpha value is -1.85. The molecule has 4 rings (SSSR count). The predicted molar refractivity (Wildman–Crippen MR) is 102 cm³/mol. The number of hydrogen-bond donors (Lipinski definition) is 1. The van der Waals surface area contributed by atoms with Crippen molar-refractivity contribution in [1.29, 1.82) is 0 Å². The Kier molecular flexibility index (Phi) is 4.32. The molecule has 2 unspecified atom stereocenters. The van der Waals surface area contributed by atoms with Gasteiger partial charge in [0.25, 0.3) is 0 Å². The summed E-state index contributed by atoms with van der Waals surface area (Å²) in [5.74, 6) is 1.06. The average molecular weight is 372 g/mol. The second-order valence-corrected chi connectivity index (χ2v) is 9.60. The second kappa shape index (κ2) is 6.39. The third kappa shape index (κ3) is 2.83. The Morgan fingerprint density at radius 2 is 1.69 bits per heavy atom. The Bertz CT molecular complexity index is 901. The summed E-state index contributed by atoms with van der Waals surface area (Å²) in [5, 5.41) is 0. The lowest BCUT2D eigenvalue weighted by molar-refractivity contribution is -0.00879. The molecule has 1 fully saturated rings. The quantitative estimate of drug-likeness (QED) is 0.894. The molecule has 2 N–H and O–H groups in total. The topological polar surface area (TPSA) is 69.4 Å². The first-order valence-corrected chi connectivity index (χ1v) is 11.1. The minimum absolute atomic E-state index is 0.0995. The molecule has 0 aromatic heterocycles. The fourth-order valence-electron chi connectivity index (χ4n) is 4.71. The minimum Gasteiger partial charge on any atom is -0.481 e. The van der Waals surface area contributed by atoms with Crippen LogP contribution in [0, 0.1) is 5.92 Å². The monoisotopic (exact) mass is 371 g/mol. The Balaban J connectivity index is 1.76. The molecular formula is C21H25NO3S. The van der Waals surface area contributed by atoms with Gasteiger partial charge in [-0.15, -0.1) is 0 Å². The van der Waals surface area contributed by atoms with Crippen molar-refractivity contribution in [1.82, 2.24) is 0 Å². The normalized spacial score (nSPS) is 26.0. The molecule has 2 aromatic carbocycles. The van der Waals surface area contributed by atoms with Crippen LogP contribution in [0.2, 0.25) is 0 Å². The summed E-state index contributed by atoms with van der Waals surface area (Å²) in [6, 6.07) is 15.0. The standard InChI is InChI=1S/C21H25NO3S/c1-26(23,24)18-12-10-17(11-13-18)25-21(16-7-3-4-8-16)19-9-5-2-6-15(19)14-20(21)22/h2,5-6,9-13,16,20H,3-4,7-8,14,22H2,1H3. The lowest BCUT2D eigenvalue weighted by Crippen LogP contribution is -2.51. The maximum absolute atomic E-state index is 11.7. The number of hydrogen-bond acceptors (Lipinski definition) is 4. The highest BCUT2D eigenvalue weighted by Crippen LogP contribution is 2.50. The van der Waals surface area contributed by atoms with Crippen molar-refractivity contribution in [2.24, 2.45) is 11.7 Å². The van der Waals surface area contributed by atoms with Gasteiger partial charge in [0.1, 0.15) is 5.75 Å². The third-order valence-corrected chi connectivity index (χ3v) is 7.06. The number of nitrogens with two attached hydrogens (primary N) is 1. The van der Waals surface area contributed by atoms with Crippen molar-refractivity contribution in [2.75, 3.05) is 6.26 Å². The zero-order valence-electron chi connectivity index (χ0n) is 15.0. The van der Waals surface area contributed by atoms with Crippen molar-refractivity contribution in [3.8, 4) is 5.75 Å². The summed E-state index contributed by atoms with van der Waals surface area (Å²) in [4.78, 5) is 0.302. The van der Waals surface area contributed by atoms with Gasteiger partial charge < -0.3 is 10.5 Å². The molecule has 0 bridgehead atoms. The van der Waals surface area contributed by atoms with Crippen molar-refractivity contribution < 1.29 is 13.2 Å². The highest BCUT2D eigenvalue weighted by atomic mass is 32.2. The van der Waals surface area contributed by atoms with Crippen LogP contribution < -0.4 is 10.5 Å². The first-order chi connectivity index (χ1) is 12.4. The second-order valence-electron chi connectivity index (χ2n) is 7.59. The molecule has 0 amide bonds. The van der Waals surface area contributed by atoms with E-state index in [1.165, 1.54) is 30.2 Å². The van der Waals surface area contributed by atoms with Gasteiger partial charge in [-0.1, -0.05) is 37.1 Å². The predicted octanol–water partition coefficient (Wildman–Crippen LogP) is 3.44. The van der Waals surface area contributed by atoms with Crippen LogP contribution in [0.5, 0.6) is 5.75 Å². The van der Waals surface area contributed by atoms with Crippen LogP contribution in [0.4, 0.5) is 0 Å². The summed E-state index contributed by atoms with van der Waals surface area (Å²) in [6.07, 6.45) is 6.67. The molecule has 5 heteroatoms. The van der Waals surface area contributed by atoms with Crippen LogP contribution in [-0.4, -0.2) is 20.7 Å². The molecule has 4 nitrogen and oxygen atoms in total. The molecule has 2 aromatic rings. The molecule has 0 aliphatic heterocycles. The highest BCUT2D eigenvalue weighted by molar-refractivity contribution is 7.90. The fraction of sp³-hybridized carbons (Fsp3) is 0.429. The Morgan fingerprint density at radius 1 is 1.04 bits per heavy atom. The van der Waals surface area contributed by atoms with Gasteiger partial charge >= 0.3 is 0 Å². The van der Waals surface area contributed by atoms with Crippen LogP contribution in [-0.2, 0) is 21.9 Å². The first kappa shape index (κ1) is 17.6. The van der Waals surface area contributed by atoms with Crippen LogP contribution >= 0.6 is 0 Å². The number of benzene rings is 2. The summed E-state index contributed by atoms with van der Waals surface area (Å²) in [6.45, 7) is 0. The summed E-state index contributed by atoms with van der Waals surface area (Å²) in [7, 11) is -3.22. The molecule has 0 saturated heterocycles. The van der Waals surface area contributed by atoms with E-state index in [4.69, 9.17) is 10.5 Å². The van der Waals surface area contributed by atoms with Gasteiger partial charge in [0, 0.05) is 17.7 Å². The van der Waals surface area contributed by atoms with Crippen LogP contribution in [0.15, 0.2) is 53.4 Å². The maximum atomic E-state index is 11.7. The van der Waals surface area contributed by atoms with Crippen molar-refractivity contribution >= 4 is 9.84 Å². The van der Waals surface area contributed by atoms with Crippen molar-refractivity contribution in [3.05, 3.63) is 59.7 Å². The lowest BCUT2D eigenvalue weighted by Gasteiger charge is -2.40. The number of sulfone groups is 1. The van der Waals surface area contributed by atoms with Gasteiger partial charge in [0.15, 0.2) is 15.4 Å². The van der Waals surface area contributed by atoms with E-state index in [9.17, 15) is 8.42 Å². The van der Waals surface area contributed by atoms with Gasteiger partial charge in [0.2, 0.25) is 0 Å². The zero-order valence-corrected chi connectivity index (χ0v) is 15.8. The Labute approximate surface area is 155 Å². The van der Waals surface area contributed by atoms with Crippen molar-refractivity contribution in [3.63, 3.8) is 0 Å². The van der Waals surface area contributed by atoms with E-state index in [1.807, 2.05) is 0 Å². The van der Waals surface area contributed by atoms with Crippen molar-refractivity contribution in [2.45, 2.75) is 48.6 Å². The molecule has 2 aliphatic rings. The van der Waals surface area contributed by atoms with E-state index in [0.717, 1.165) is 19.3 Å². The zero-order chi connectivity index (χ0) is 18.4. The van der Waals surface area contributed by atoms with E-state index in [2.05, 4.69) is 24.3 Å². The van der Waals surface area contributed by atoms with Gasteiger partial charge in [-0.05, 0) is 49.1 Å². The minimum atomic E-state index is -3.22. The Morgan fingerprint density at radius 3 is 2.35 bits per heavy atom.